The van der Waals surface area contributed by atoms with Crippen molar-refractivity contribution in [3.05, 3.63) is 56.7 Å². The highest BCUT2D eigenvalue weighted by Crippen LogP contribution is 2.21. The number of carboxylic acid groups (broad SMARTS) is 1. The molecule has 0 bridgehead atoms. The van der Waals surface area contributed by atoms with Crippen LogP contribution in [0.5, 0.6) is 5.75 Å². The Morgan fingerprint density at radius 1 is 1.29 bits per heavy atom. The van der Waals surface area contributed by atoms with Gasteiger partial charge >= 0.3 is 0 Å². The van der Waals surface area contributed by atoms with E-state index in [-0.39, 0.29) is 5.78 Å². The number of hydrogen-bond donors (Lipinski definition) is 0. The molecule has 2 rings (SSSR count). The summed E-state index contributed by atoms with van der Waals surface area (Å²) in [6.07, 6.45) is 3.24. The van der Waals surface area contributed by atoms with Crippen LogP contribution in [0.3, 0.4) is 0 Å². The molecule has 0 N–H and O–H groups in total. The number of ether oxygens (including phenoxy) is 1. The highest BCUT2D eigenvalue weighted by molar-refractivity contribution is 9.10. The van der Waals surface area contributed by atoms with Crippen molar-refractivity contribution in [1.82, 2.24) is 0 Å². The molecule has 1 heterocycles. The fourth-order valence-electron chi connectivity index (χ4n) is 1.53. The number of carbonyl (C=O) groups is 2. The molecule has 0 radical (unpaired) electrons. The number of allylic oxidation sites excluding steroid dienone is 1. The molecule has 0 aliphatic rings. The van der Waals surface area contributed by atoms with E-state index in [4.69, 9.17) is 4.74 Å². The summed E-state index contributed by atoms with van der Waals surface area (Å²) in [4.78, 5) is 23.2. The fraction of sp³-hybridized carbons (Fsp3) is 0.0667. The normalized spacial score (nSPS) is 10.7. The van der Waals surface area contributed by atoms with Crippen molar-refractivity contribution in [2.24, 2.45) is 0 Å². The highest BCUT2D eigenvalue weighted by atomic mass is 79.9. The van der Waals surface area contributed by atoms with E-state index in [9.17, 15) is 14.7 Å². The molecule has 0 atom stereocenters. The monoisotopic (exact) mass is 365 g/mol. The molecule has 0 saturated heterocycles. The number of thiophene rings is 1. The average molecular weight is 366 g/mol. The first-order chi connectivity index (χ1) is 10.0. The number of carbonyl (C=O) groups excluding carboxylic acids is 2. The van der Waals surface area contributed by atoms with Crippen molar-refractivity contribution in [3.8, 4) is 5.75 Å². The molecule has 1 aromatic carbocycles. The van der Waals surface area contributed by atoms with Crippen LogP contribution in [-0.2, 0) is 4.79 Å². The Morgan fingerprint density at radius 2 is 2.00 bits per heavy atom. The molecule has 0 spiro atoms. The van der Waals surface area contributed by atoms with Gasteiger partial charge in [-0.25, -0.2) is 0 Å². The Balaban J connectivity index is 1.99. The first kappa shape index (κ1) is 15.5. The third-order valence-corrected chi connectivity index (χ3v) is 4.14. The molecule has 21 heavy (non-hydrogen) atoms. The van der Waals surface area contributed by atoms with Gasteiger partial charge in [0.05, 0.1) is 5.97 Å². The summed E-state index contributed by atoms with van der Waals surface area (Å²) in [6.45, 7) is -0.513. The summed E-state index contributed by atoms with van der Waals surface area (Å²) in [5.41, 5.74) is 0.502. The minimum Gasteiger partial charge on any atom is -0.546 e. The first-order valence-corrected chi connectivity index (χ1v) is 7.61. The van der Waals surface area contributed by atoms with E-state index < -0.39 is 12.6 Å². The van der Waals surface area contributed by atoms with Crippen LogP contribution in [0.2, 0.25) is 0 Å². The largest absolute Gasteiger partial charge is 0.546 e. The Bertz CT molecular complexity index is 673. The maximum absolute atomic E-state index is 12.0. The molecule has 0 unspecified atom stereocenters. The van der Waals surface area contributed by atoms with Gasteiger partial charge in [0, 0.05) is 20.3 Å². The molecular weight excluding hydrogens is 356 g/mol. The van der Waals surface area contributed by atoms with Crippen LogP contribution >= 0.6 is 27.3 Å². The smallest absolute Gasteiger partial charge is 0.185 e. The summed E-state index contributed by atoms with van der Waals surface area (Å²) < 4.78 is 5.92. The minimum absolute atomic E-state index is 0.133. The molecule has 2 aromatic rings. The number of hydrogen-bond acceptors (Lipinski definition) is 5. The predicted molar refractivity (Wildman–Crippen MR) is 82.3 cm³/mol. The molecule has 0 saturated carbocycles. The Hall–Kier alpha value is -1.92. The van der Waals surface area contributed by atoms with Gasteiger partial charge in [-0.15, -0.1) is 11.3 Å². The lowest BCUT2D eigenvalue weighted by molar-refractivity contribution is -0.307. The van der Waals surface area contributed by atoms with Gasteiger partial charge < -0.3 is 14.6 Å². The number of benzene rings is 1. The maximum atomic E-state index is 12.0. The van der Waals surface area contributed by atoms with E-state index in [0.29, 0.717) is 11.3 Å². The second kappa shape index (κ2) is 7.19. The van der Waals surface area contributed by atoms with Gasteiger partial charge in [-0.3, -0.25) is 4.79 Å². The lowest BCUT2D eigenvalue weighted by Crippen LogP contribution is -2.28. The van der Waals surface area contributed by atoms with Crippen molar-refractivity contribution >= 4 is 45.1 Å². The van der Waals surface area contributed by atoms with Crippen LogP contribution in [0, 0.1) is 0 Å². The minimum atomic E-state index is -1.29. The van der Waals surface area contributed by atoms with Crippen LogP contribution in [-0.4, -0.2) is 18.4 Å². The lowest BCUT2D eigenvalue weighted by atomic mass is 10.1. The quantitative estimate of drug-likeness (QED) is 0.582. The fourth-order valence-corrected chi connectivity index (χ4v) is 2.86. The van der Waals surface area contributed by atoms with Gasteiger partial charge in [0.15, 0.2) is 5.78 Å². The number of ketones is 1. The number of rotatable bonds is 6. The molecule has 6 heteroatoms. The number of carboxylic acids is 1. The molecule has 0 aliphatic carbocycles. The molecular formula is C15H10BrO4S-. The lowest BCUT2D eigenvalue weighted by Gasteiger charge is -2.06. The molecule has 0 fully saturated rings. The van der Waals surface area contributed by atoms with Gasteiger partial charge in [-0.05, 0) is 58.4 Å². The van der Waals surface area contributed by atoms with Crippen LogP contribution in [0.4, 0.5) is 0 Å². The summed E-state index contributed by atoms with van der Waals surface area (Å²) in [5.74, 6) is -1.05. The third-order valence-electron chi connectivity index (χ3n) is 2.48. The second-order valence-corrected chi connectivity index (χ2v) is 5.91. The van der Waals surface area contributed by atoms with Gasteiger partial charge in [0.1, 0.15) is 12.4 Å². The molecule has 0 aliphatic heterocycles. The SMILES string of the molecule is O=C([O-])COc1ccc(C(=O)/C=C/c2cc(Br)cs2)cc1. The molecule has 4 nitrogen and oxygen atoms in total. The zero-order valence-electron chi connectivity index (χ0n) is 10.7. The van der Waals surface area contributed by atoms with E-state index in [2.05, 4.69) is 15.9 Å². The van der Waals surface area contributed by atoms with Crippen LogP contribution < -0.4 is 9.84 Å². The van der Waals surface area contributed by atoms with Crippen LogP contribution in [0.15, 0.2) is 46.3 Å². The summed E-state index contributed by atoms with van der Waals surface area (Å²) in [5, 5.41) is 12.2. The first-order valence-electron chi connectivity index (χ1n) is 5.94. The van der Waals surface area contributed by atoms with Crippen molar-refractivity contribution in [2.75, 3.05) is 6.61 Å². The van der Waals surface area contributed by atoms with Crippen molar-refractivity contribution in [3.63, 3.8) is 0 Å². The zero-order chi connectivity index (χ0) is 15.2. The summed E-state index contributed by atoms with van der Waals surface area (Å²) in [7, 11) is 0. The molecule has 0 amide bonds. The summed E-state index contributed by atoms with van der Waals surface area (Å²) in [6, 6.07) is 8.19. The van der Waals surface area contributed by atoms with Crippen LogP contribution in [0.25, 0.3) is 6.08 Å². The standard InChI is InChI=1S/C15H11BrO4S/c16-11-7-13(21-9-11)5-6-14(17)10-1-3-12(4-2-10)20-8-15(18)19/h1-7,9H,8H2,(H,18,19)/p-1/b6-5+. The van der Waals surface area contributed by atoms with Crippen molar-refractivity contribution in [2.45, 2.75) is 0 Å². The van der Waals surface area contributed by atoms with Gasteiger partial charge in [-0.1, -0.05) is 0 Å². The van der Waals surface area contributed by atoms with Crippen LogP contribution in [0.1, 0.15) is 15.2 Å². The Labute approximate surface area is 133 Å². The molecule has 108 valence electrons. The number of aliphatic carboxylic acids is 1. The number of halogens is 1. The second-order valence-electron chi connectivity index (χ2n) is 4.05. The predicted octanol–water partition coefficient (Wildman–Crippen LogP) is 2.54. The average Bonchev–Trinajstić information content (AvgIpc) is 2.89. The molecule has 1 aromatic heterocycles. The zero-order valence-corrected chi connectivity index (χ0v) is 13.1. The van der Waals surface area contributed by atoms with Crippen molar-refractivity contribution < 1.29 is 19.4 Å². The Morgan fingerprint density at radius 3 is 2.57 bits per heavy atom. The summed E-state index contributed by atoms with van der Waals surface area (Å²) >= 11 is 4.88. The van der Waals surface area contributed by atoms with E-state index in [0.717, 1.165) is 9.35 Å². The van der Waals surface area contributed by atoms with Crippen molar-refractivity contribution in [1.29, 1.82) is 0 Å². The van der Waals surface area contributed by atoms with Gasteiger partial charge in [0.2, 0.25) is 0 Å². The van der Waals surface area contributed by atoms with E-state index in [1.54, 1.807) is 30.3 Å². The van der Waals surface area contributed by atoms with E-state index in [1.807, 2.05) is 11.4 Å². The van der Waals surface area contributed by atoms with E-state index in [1.165, 1.54) is 17.4 Å². The van der Waals surface area contributed by atoms with E-state index >= 15 is 0 Å². The topological polar surface area (TPSA) is 66.4 Å². The van der Waals surface area contributed by atoms with Gasteiger partial charge in [0.25, 0.3) is 0 Å². The Kier molecular flexibility index (Phi) is 5.30. The maximum Gasteiger partial charge on any atom is 0.185 e. The third kappa shape index (κ3) is 4.84. The highest BCUT2D eigenvalue weighted by Gasteiger charge is 2.03. The van der Waals surface area contributed by atoms with Gasteiger partial charge in [-0.2, -0.15) is 0 Å².